The molecular weight excluding hydrogens is 712 g/mol. The van der Waals surface area contributed by atoms with Gasteiger partial charge in [-0.15, -0.1) is 0 Å². The number of methoxy groups -OCH3 is 1. The zero-order valence-corrected chi connectivity index (χ0v) is 28.5. The number of rotatable bonds is 10. The molecule has 294 valence electrons. The number of hydrogen-bond donors (Lipinski definition) is 10. The van der Waals surface area contributed by atoms with Crippen molar-refractivity contribution >= 4 is 5.78 Å². The molecule has 4 aliphatic rings. The van der Waals surface area contributed by atoms with E-state index >= 15 is 0 Å². The number of Topliss-reactive ketones (excluding diaryl/α,β-unsaturated/α-hetero) is 1. The van der Waals surface area contributed by atoms with Crippen molar-refractivity contribution in [2.75, 3.05) is 20.3 Å². The summed E-state index contributed by atoms with van der Waals surface area (Å²) in [5.41, 5.74) is 0.648. The summed E-state index contributed by atoms with van der Waals surface area (Å²) in [5, 5.41) is 102. The average Bonchev–Trinajstić information content (AvgIpc) is 3.15. The van der Waals surface area contributed by atoms with Gasteiger partial charge in [-0.25, -0.2) is 0 Å². The van der Waals surface area contributed by atoms with E-state index in [0.717, 1.165) is 0 Å². The molecule has 4 aliphatic heterocycles. The smallest absolute Gasteiger partial charge is 0.229 e. The lowest BCUT2D eigenvalue weighted by atomic mass is 9.95. The second-order valence-corrected chi connectivity index (χ2v) is 13.2. The number of fused-ring (bicyclic) bond motifs is 1. The number of carbonyl (C=O) groups is 1. The summed E-state index contributed by atoms with van der Waals surface area (Å²) >= 11 is 0. The maximum atomic E-state index is 13.4. The minimum absolute atomic E-state index is 0.0230. The highest BCUT2D eigenvalue weighted by Gasteiger charge is 2.51. The molecule has 10 N–H and O–H groups in total. The van der Waals surface area contributed by atoms with Crippen LogP contribution in [0.4, 0.5) is 0 Å². The molecule has 0 bridgehead atoms. The van der Waals surface area contributed by atoms with E-state index in [1.54, 1.807) is 12.1 Å². The number of aliphatic hydroxyl groups excluding tert-OH is 10. The van der Waals surface area contributed by atoms with Gasteiger partial charge in [0.15, 0.2) is 18.2 Å². The van der Waals surface area contributed by atoms with E-state index in [1.165, 1.54) is 38.3 Å². The maximum absolute atomic E-state index is 13.4. The molecular formula is C34H44O19. The van der Waals surface area contributed by atoms with E-state index in [-0.39, 0.29) is 40.8 Å². The average molecular weight is 757 g/mol. The first kappa shape index (κ1) is 39.4. The van der Waals surface area contributed by atoms with Gasteiger partial charge in [0, 0.05) is 12.1 Å². The standard InChI is InChI=1S/C34H44O19/c1-12-23(38)26(41)29(44)32(47-12)53-31-28(43)25(40)21(11-36)52-34(31)49-15-7-18(46-2)22-16(37)9-17(50-19(22)8-15)13-3-5-14(6-4-13)48-33-30(45)27(42)24(39)20(10-35)51-33/h3-8,12,17,20-21,23-36,38-45H,9-11H2,1-2H3/t12-,17-,20+,21+,23-,24+,25+,26-,27-,28-,29-,30+,31-,32-,33+,34+/m0/s1. The molecule has 16 atom stereocenters. The van der Waals surface area contributed by atoms with Crippen molar-refractivity contribution in [3.63, 3.8) is 0 Å². The highest BCUT2D eigenvalue weighted by atomic mass is 16.8. The van der Waals surface area contributed by atoms with Crippen molar-refractivity contribution in [3.8, 4) is 23.0 Å². The molecule has 53 heavy (non-hydrogen) atoms. The van der Waals surface area contributed by atoms with Crippen molar-refractivity contribution in [2.45, 2.75) is 112 Å². The first-order chi connectivity index (χ1) is 25.3. The van der Waals surface area contributed by atoms with E-state index < -0.39 is 111 Å². The molecule has 0 saturated carbocycles. The third kappa shape index (κ3) is 7.82. The Morgan fingerprint density at radius 3 is 1.91 bits per heavy atom. The number of benzene rings is 2. The third-order valence-corrected chi connectivity index (χ3v) is 9.71. The van der Waals surface area contributed by atoms with Crippen LogP contribution in [-0.4, -0.2) is 169 Å². The normalized spacial score (nSPS) is 40.2. The van der Waals surface area contributed by atoms with Crippen molar-refractivity contribution in [2.24, 2.45) is 0 Å². The van der Waals surface area contributed by atoms with E-state index in [0.29, 0.717) is 5.56 Å². The minimum atomic E-state index is -1.77. The molecule has 19 nitrogen and oxygen atoms in total. The van der Waals surface area contributed by atoms with Crippen LogP contribution in [0.15, 0.2) is 36.4 Å². The number of hydrogen-bond acceptors (Lipinski definition) is 19. The number of carbonyl (C=O) groups excluding carboxylic acids is 1. The van der Waals surface area contributed by atoms with Gasteiger partial charge in [-0.3, -0.25) is 4.79 Å². The van der Waals surface area contributed by atoms with E-state index in [2.05, 4.69) is 0 Å². The van der Waals surface area contributed by atoms with Gasteiger partial charge in [-0.2, -0.15) is 0 Å². The van der Waals surface area contributed by atoms with Gasteiger partial charge in [0.1, 0.15) is 95.7 Å². The van der Waals surface area contributed by atoms with Crippen LogP contribution in [0, 0.1) is 0 Å². The fourth-order valence-electron chi connectivity index (χ4n) is 6.58. The van der Waals surface area contributed by atoms with Crippen LogP contribution >= 0.6 is 0 Å². The van der Waals surface area contributed by atoms with Crippen LogP contribution in [0.25, 0.3) is 0 Å². The summed E-state index contributed by atoms with van der Waals surface area (Å²) < 4.78 is 45.8. The molecule has 3 fully saturated rings. The second-order valence-electron chi connectivity index (χ2n) is 13.2. The van der Waals surface area contributed by atoms with E-state index in [9.17, 15) is 55.9 Å². The monoisotopic (exact) mass is 756 g/mol. The largest absolute Gasteiger partial charge is 0.496 e. The lowest BCUT2D eigenvalue weighted by Gasteiger charge is -2.45. The molecule has 0 spiro atoms. The lowest BCUT2D eigenvalue weighted by Crippen LogP contribution is -2.64. The van der Waals surface area contributed by atoms with Gasteiger partial charge in [-0.1, -0.05) is 12.1 Å². The Kier molecular flexibility index (Phi) is 12.1. The van der Waals surface area contributed by atoms with Crippen LogP contribution in [0.2, 0.25) is 0 Å². The molecule has 0 aliphatic carbocycles. The lowest BCUT2D eigenvalue weighted by molar-refractivity contribution is -0.354. The SMILES string of the molecule is COc1cc(O[C@@H]2O[C@H](CO)[C@@H](O)[C@H](O)[C@@H]2O[C@@H]2O[C@@H](C)[C@H](O)[C@H](O)[C@@H]2O)cc2c1C(=O)C[C@@H](c1ccc(O[C@@H]3O[C@H](CO)[C@@H](O)[C@H](O)[C@H]3O)cc1)O2. The zero-order chi connectivity index (χ0) is 38.3. The van der Waals surface area contributed by atoms with E-state index in [1.807, 2.05) is 0 Å². The molecule has 6 rings (SSSR count). The molecule has 2 aromatic rings. The molecule has 0 amide bonds. The van der Waals surface area contributed by atoms with Gasteiger partial charge in [-0.05, 0) is 24.6 Å². The number of ether oxygens (including phenoxy) is 8. The molecule has 0 aromatic heterocycles. The van der Waals surface area contributed by atoms with E-state index in [4.69, 9.17) is 37.9 Å². The second kappa shape index (κ2) is 16.2. The molecule has 2 aromatic carbocycles. The molecule has 19 heteroatoms. The van der Waals surface area contributed by atoms with Crippen molar-refractivity contribution in [1.29, 1.82) is 0 Å². The predicted molar refractivity (Wildman–Crippen MR) is 172 cm³/mol. The Morgan fingerprint density at radius 2 is 1.26 bits per heavy atom. The summed E-state index contributed by atoms with van der Waals surface area (Å²) in [5.74, 6) is -0.0543. The van der Waals surface area contributed by atoms with Gasteiger partial charge in [0.05, 0.1) is 32.8 Å². The zero-order valence-electron chi connectivity index (χ0n) is 28.5. The Labute approximate surface area is 302 Å². The summed E-state index contributed by atoms with van der Waals surface area (Å²) in [6, 6.07) is 8.91. The van der Waals surface area contributed by atoms with Crippen LogP contribution < -0.4 is 18.9 Å². The fourth-order valence-corrected chi connectivity index (χ4v) is 6.58. The Bertz CT molecular complexity index is 1560. The predicted octanol–water partition coefficient (Wildman–Crippen LogP) is -3.39. The van der Waals surface area contributed by atoms with Gasteiger partial charge >= 0.3 is 0 Å². The molecule has 0 unspecified atom stereocenters. The minimum Gasteiger partial charge on any atom is -0.496 e. The fraction of sp³-hybridized carbons (Fsp3) is 0.618. The first-order valence-corrected chi connectivity index (χ1v) is 16.9. The summed E-state index contributed by atoms with van der Waals surface area (Å²) in [6.45, 7) is 0.0746. The maximum Gasteiger partial charge on any atom is 0.229 e. The Hall–Kier alpha value is -3.25. The first-order valence-electron chi connectivity index (χ1n) is 16.9. The van der Waals surface area contributed by atoms with Gasteiger partial charge in [0.2, 0.25) is 12.6 Å². The van der Waals surface area contributed by atoms with Gasteiger partial charge < -0.3 is 89.0 Å². The summed E-state index contributed by atoms with van der Waals surface area (Å²) in [6.07, 6.45) is -23.7. The van der Waals surface area contributed by atoms with Crippen LogP contribution in [0.5, 0.6) is 23.0 Å². The molecule has 3 saturated heterocycles. The van der Waals surface area contributed by atoms with Crippen LogP contribution in [0.1, 0.15) is 35.4 Å². The molecule has 4 heterocycles. The Morgan fingerprint density at radius 1 is 0.679 bits per heavy atom. The molecule has 0 radical (unpaired) electrons. The highest BCUT2D eigenvalue weighted by Crippen LogP contribution is 2.43. The van der Waals surface area contributed by atoms with Crippen LogP contribution in [-0.2, 0) is 18.9 Å². The van der Waals surface area contributed by atoms with Crippen LogP contribution in [0.3, 0.4) is 0 Å². The van der Waals surface area contributed by atoms with Crippen molar-refractivity contribution in [1.82, 2.24) is 0 Å². The van der Waals surface area contributed by atoms with Gasteiger partial charge in [0.25, 0.3) is 0 Å². The topological polar surface area (TPSA) is 293 Å². The number of aliphatic hydroxyl groups is 10. The third-order valence-electron chi connectivity index (χ3n) is 9.71. The highest BCUT2D eigenvalue weighted by molar-refractivity contribution is 6.02. The summed E-state index contributed by atoms with van der Waals surface area (Å²) in [4.78, 5) is 13.4. The Balaban J connectivity index is 1.21. The number of ketones is 1. The summed E-state index contributed by atoms with van der Waals surface area (Å²) in [7, 11) is 1.32. The quantitative estimate of drug-likeness (QED) is 0.113. The van der Waals surface area contributed by atoms with Crippen molar-refractivity contribution < 1.29 is 93.8 Å². The van der Waals surface area contributed by atoms with Crippen molar-refractivity contribution in [3.05, 3.63) is 47.5 Å².